The number of sulfone groups is 1. The van der Waals surface area contributed by atoms with Crippen molar-refractivity contribution in [2.75, 3.05) is 19.3 Å². The molecule has 0 spiro atoms. The van der Waals surface area contributed by atoms with Crippen LogP contribution in [0.15, 0.2) is 0 Å². The highest BCUT2D eigenvalue weighted by Crippen LogP contribution is 2.46. The predicted octanol–water partition coefficient (Wildman–Crippen LogP) is 1.94. The number of rotatable bonds is 4. The van der Waals surface area contributed by atoms with Gasteiger partial charge in [0, 0.05) is 18.8 Å². The van der Waals surface area contributed by atoms with E-state index in [9.17, 15) is 8.42 Å². The smallest absolute Gasteiger partial charge is 0.152 e. The van der Waals surface area contributed by atoms with E-state index in [0.717, 1.165) is 31.7 Å². The molecule has 0 bridgehead atoms. The van der Waals surface area contributed by atoms with E-state index in [1.54, 1.807) is 0 Å². The van der Waals surface area contributed by atoms with Gasteiger partial charge in [0.25, 0.3) is 0 Å². The van der Waals surface area contributed by atoms with Crippen LogP contribution < -0.4 is 5.73 Å². The first-order chi connectivity index (χ1) is 9.99. The zero-order valence-electron chi connectivity index (χ0n) is 13.3. The minimum Gasteiger partial charge on any atom is -0.329 e. The molecule has 1 aliphatic heterocycles. The van der Waals surface area contributed by atoms with Crippen LogP contribution in [0.3, 0.4) is 0 Å². The number of hydrogen-bond acceptors (Lipinski definition) is 4. The fourth-order valence-corrected chi connectivity index (χ4v) is 7.23. The van der Waals surface area contributed by atoms with E-state index in [1.165, 1.54) is 44.8 Å². The lowest BCUT2D eigenvalue weighted by atomic mass is 9.89. The molecule has 3 atom stereocenters. The van der Waals surface area contributed by atoms with Gasteiger partial charge in [0.15, 0.2) is 9.84 Å². The van der Waals surface area contributed by atoms with Crippen molar-refractivity contribution in [2.24, 2.45) is 11.7 Å². The van der Waals surface area contributed by atoms with Gasteiger partial charge in [-0.25, -0.2) is 8.42 Å². The lowest BCUT2D eigenvalue weighted by Gasteiger charge is -2.46. The summed E-state index contributed by atoms with van der Waals surface area (Å²) in [5.74, 6) is 0.775. The minimum atomic E-state index is -3.03. The third-order valence-electron chi connectivity index (χ3n) is 6.36. The molecule has 1 heterocycles. The van der Waals surface area contributed by atoms with Crippen LogP contribution in [0, 0.1) is 5.92 Å². The topological polar surface area (TPSA) is 63.4 Å². The van der Waals surface area contributed by atoms with Crippen LogP contribution in [0.2, 0.25) is 0 Å². The van der Waals surface area contributed by atoms with Gasteiger partial charge in [-0.2, -0.15) is 0 Å². The van der Waals surface area contributed by atoms with Crippen molar-refractivity contribution in [3.05, 3.63) is 0 Å². The second-order valence-corrected chi connectivity index (χ2v) is 9.69. The molecule has 0 radical (unpaired) electrons. The Hall–Kier alpha value is -0.130. The molecule has 0 aromatic rings. The van der Waals surface area contributed by atoms with Crippen molar-refractivity contribution in [3.8, 4) is 0 Å². The van der Waals surface area contributed by atoms with Crippen molar-refractivity contribution in [2.45, 2.75) is 74.6 Å². The fraction of sp³-hybridized carbons (Fsp3) is 1.00. The molecule has 0 aromatic heterocycles. The third kappa shape index (κ3) is 2.66. The summed E-state index contributed by atoms with van der Waals surface area (Å²) >= 11 is 0. The van der Waals surface area contributed by atoms with Crippen LogP contribution in [-0.2, 0) is 9.84 Å². The monoisotopic (exact) mass is 314 g/mol. The third-order valence-corrected chi connectivity index (χ3v) is 8.07. The zero-order valence-corrected chi connectivity index (χ0v) is 14.1. The molecule has 21 heavy (non-hydrogen) atoms. The van der Waals surface area contributed by atoms with Gasteiger partial charge in [0.05, 0.1) is 10.8 Å². The molecule has 2 saturated carbocycles. The standard InChI is InChI=1S/C16H30N2O2S/c1-21(19,20)15-9-4-10-16(15,12-17)18-11-5-8-14(18)13-6-2-3-7-13/h13-15H,2-12,17H2,1H3. The maximum atomic E-state index is 12.3. The van der Waals surface area contributed by atoms with E-state index >= 15 is 0 Å². The number of nitrogens with zero attached hydrogens (tertiary/aromatic N) is 1. The van der Waals surface area contributed by atoms with Crippen LogP contribution in [0.4, 0.5) is 0 Å². The molecule has 3 fully saturated rings. The molecule has 5 heteroatoms. The SMILES string of the molecule is CS(=O)(=O)C1CCCC1(CN)N1CCCC1C1CCCC1. The van der Waals surface area contributed by atoms with E-state index in [0.29, 0.717) is 12.6 Å². The van der Waals surface area contributed by atoms with Crippen LogP contribution >= 0.6 is 0 Å². The molecular formula is C16H30N2O2S. The van der Waals surface area contributed by atoms with E-state index in [-0.39, 0.29) is 10.8 Å². The molecule has 0 amide bonds. The minimum absolute atomic E-state index is 0.253. The summed E-state index contributed by atoms with van der Waals surface area (Å²) in [5, 5.41) is -0.253. The summed E-state index contributed by atoms with van der Waals surface area (Å²) < 4.78 is 24.6. The van der Waals surface area contributed by atoms with Gasteiger partial charge in [-0.1, -0.05) is 19.3 Å². The van der Waals surface area contributed by atoms with Crippen molar-refractivity contribution < 1.29 is 8.42 Å². The number of likely N-dealkylation sites (tertiary alicyclic amines) is 1. The van der Waals surface area contributed by atoms with E-state index in [4.69, 9.17) is 5.73 Å². The maximum Gasteiger partial charge on any atom is 0.152 e. The first-order valence-electron chi connectivity index (χ1n) is 8.65. The van der Waals surface area contributed by atoms with Gasteiger partial charge in [-0.05, 0) is 51.0 Å². The van der Waals surface area contributed by atoms with Crippen molar-refractivity contribution in [1.82, 2.24) is 4.90 Å². The van der Waals surface area contributed by atoms with Gasteiger partial charge in [0.1, 0.15) is 0 Å². The summed E-state index contributed by atoms with van der Waals surface area (Å²) in [7, 11) is -3.03. The van der Waals surface area contributed by atoms with Crippen LogP contribution in [0.25, 0.3) is 0 Å². The van der Waals surface area contributed by atoms with Crippen molar-refractivity contribution in [3.63, 3.8) is 0 Å². The zero-order chi connectivity index (χ0) is 15.1. The fourth-order valence-electron chi connectivity index (χ4n) is 5.49. The van der Waals surface area contributed by atoms with E-state index in [2.05, 4.69) is 4.90 Å². The lowest BCUT2D eigenvalue weighted by molar-refractivity contribution is 0.0601. The summed E-state index contributed by atoms with van der Waals surface area (Å²) in [5.41, 5.74) is 5.91. The largest absolute Gasteiger partial charge is 0.329 e. The Balaban J connectivity index is 1.90. The van der Waals surface area contributed by atoms with Gasteiger partial charge in [0.2, 0.25) is 0 Å². The summed E-state index contributed by atoms with van der Waals surface area (Å²) in [6.45, 7) is 1.54. The van der Waals surface area contributed by atoms with Crippen molar-refractivity contribution >= 4 is 9.84 Å². The average Bonchev–Trinajstić information content (AvgIpc) is 3.16. The molecular weight excluding hydrogens is 284 g/mol. The predicted molar refractivity (Wildman–Crippen MR) is 86.0 cm³/mol. The highest BCUT2D eigenvalue weighted by molar-refractivity contribution is 7.91. The van der Waals surface area contributed by atoms with Gasteiger partial charge >= 0.3 is 0 Å². The first-order valence-corrected chi connectivity index (χ1v) is 10.6. The number of hydrogen-bond donors (Lipinski definition) is 1. The molecule has 1 saturated heterocycles. The summed E-state index contributed by atoms with van der Waals surface area (Å²) in [6, 6.07) is 0.582. The lowest BCUT2D eigenvalue weighted by Crippen LogP contribution is -2.62. The second-order valence-electron chi connectivity index (χ2n) is 7.47. The Bertz CT molecular complexity index is 473. The summed E-state index contributed by atoms with van der Waals surface area (Å²) in [4.78, 5) is 2.56. The molecule has 3 unspecified atom stereocenters. The molecule has 0 aromatic carbocycles. The Morgan fingerprint density at radius 3 is 2.43 bits per heavy atom. The second kappa shape index (κ2) is 5.82. The normalized spacial score (nSPS) is 39.3. The van der Waals surface area contributed by atoms with Crippen molar-refractivity contribution in [1.29, 1.82) is 0 Å². The van der Waals surface area contributed by atoms with E-state index in [1.807, 2.05) is 0 Å². The summed E-state index contributed by atoms with van der Waals surface area (Å²) in [6.07, 6.45) is 12.0. The quantitative estimate of drug-likeness (QED) is 0.861. The Morgan fingerprint density at radius 2 is 1.81 bits per heavy atom. The highest BCUT2D eigenvalue weighted by atomic mass is 32.2. The Labute approximate surface area is 129 Å². The first kappa shape index (κ1) is 15.8. The van der Waals surface area contributed by atoms with Crippen LogP contribution in [0.5, 0.6) is 0 Å². The number of nitrogens with two attached hydrogens (primary N) is 1. The van der Waals surface area contributed by atoms with Gasteiger partial charge < -0.3 is 5.73 Å². The van der Waals surface area contributed by atoms with E-state index < -0.39 is 9.84 Å². The maximum absolute atomic E-state index is 12.3. The Morgan fingerprint density at radius 1 is 1.10 bits per heavy atom. The molecule has 3 rings (SSSR count). The van der Waals surface area contributed by atoms with Gasteiger partial charge in [-0.15, -0.1) is 0 Å². The molecule has 2 N–H and O–H groups in total. The molecule has 4 nitrogen and oxygen atoms in total. The highest BCUT2D eigenvalue weighted by Gasteiger charge is 2.54. The molecule has 3 aliphatic rings. The average molecular weight is 314 g/mol. The van der Waals surface area contributed by atoms with Crippen LogP contribution in [-0.4, -0.2) is 49.5 Å². The van der Waals surface area contributed by atoms with Gasteiger partial charge in [-0.3, -0.25) is 4.90 Å². The molecule has 122 valence electrons. The van der Waals surface area contributed by atoms with Crippen LogP contribution in [0.1, 0.15) is 57.8 Å². The molecule has 2 aliphatic carbocycles. The Kier molecular flexibility index (Phi) is 4.37.